The van der Waals surface area contributed by atoms with Crippen LogP contribution in [0.2, 0.25) is 0 Å². The van der Waals surface area contributed by atoms with Gasteiger partial charge in [-0.1, -0.05) is 60.7 Å². The maximum Gasteiger partial charge on any atom is 0.289 e. The summed E-state index contributed by atoms with van der Waals surface area (Å²) in [5.74, 6) is 1.93. The van der Waals surface area contributed by atoms with Crippen molar-refractivity contribution in [2.75, 3.05) is 26.2 Å². The van der Waals surface area contributed by atoms with Gasteiger partial charge in [-0.25, -0.2) is 0 Å². The Balaban J connectivity index is 1.33. The van der Waals surface area contributed by atoms with E-state index in [1.165, 1.54) is 17.5 Å². The molecular formula is C28H33N3O2. The second-order valence-electron chi connectivity index (χ2n) is 9.60. The lowest BCUT2D eigenvalue weighted by Crippen LogP contribution is -2.42. The largest absolute Gasteiger partial charge is 0.454 e. The molecule has 2 fully saturated rings. The fourth-order valence-corrected chi connectivity index (χ4v) is 5.45. The van der Waals surface area contributed by atoms with Crippen molar-refractivity contribution in [3.63, 3.8) is 0 Å². The van der Waals surface area contributed by atoms with Crippen LogP contribution in [0, 0.1) is 0 Å². The average Bonchev–Trinajstić information content (AvgIpc) is 3.60. The van der Waals surface area contributed by atoms with Crippen molar-refractivity contribution >= 4 is 5.91 Å². The number of nitrogens with two attached hydrogens (primary N) is 1. The second-order valence-corrected chi connectivity index (χ2v) is 9.60. The number of nitrogens with zero attached hydrogens (tertiary/aromatic N) is 2. The summed E-state index contributed by atoms with van der Waals surface area (Å²) in [6.07, 6.45) is 2.14. The van der Waals surface area contributed by atoms with Crippen LogP contribution in [0.1, 0.15) is 65.1 Å². The van der Waals surface area contributed by atoms with Crippen LogP contribution in [0.4, 0.5) is 0 Å². The number of carbonyl (C=O) groups is 1. The number of rotatable bonds is 6. The van der Waals surface area contributed by atoms with Gasteiger partial charge < -0.3 is 20.0 Å². The molecule has 2 aliphatic rings. The molecule has 172 valence electrons. The SMILES string of the molecule is CC(N)c1ccc(C(=O)N2C[C@@H](c3ccccc3)C[C@H]2CN2CCC(c3ccccc3)C2)o1. The minimum absolute atomic E-state index is 0.0239. The van der Waals surface area contributed by atoms with E-state index in [0.717, 1.165) is 32.6 Å². The van der Waals surface area contributed by atoms with Gasteiger partial charge in [0.05, 0.1) is 6.04 Å². The van der Waals surface area contributed by atoms with E-state index in [1.807, 2.05) is 24.0 Å². The molecule has 33 heavy (non-hydrogen) atoms. The van der Waals surface area contributed by atoms with Crippen molar-refractivity contribution in [2.24, 2.45) is 5.73 Å². The highest BCUT2D eigenvalue weighted by molar-refractivity contribution is 5.92. The minimum Gasteiger partial charge on any atom is -0.454 e. The number of hydrogen-bond acceptors (Lipinski definition) is 4. The van der Waals surface area contributed by atoms with Crippen LogP contribution >= 0.6 is 0 Å². The van der Waals surface area contributed by atoms with E-state index in [4.69, 9.17) is 10.2 Å². The Labute approximate surface area is 196 Å². The summed E-state index contributed by atoms with van der Waals surface area (Å²) in [6.45, 7) is 5.61. The molecule has 1 aromatic heterocycles. The Morgan fingerprint density at radius 3 is 2.27 bits per heavy atom. The molecule has 2 unspecified atom stereocenters. The van der Waals surface area contributed by atoms with E-state index < -0.39 is 0 Å². The van der Waals surface area contributed by atoms with E-state index in [-0.39, 0.29) is 18.0 Å². The summed E-state index contributed by atoms with van der Waals surface area (Å²) in [5.41, 5.74) is 8.67. The summed E-state index contributed by atoms with van der Waals surface area (Å²) in [7, 11) is 0. The normalized spacial score (nSPS) is 24.3. The molecule has 0 aliphatic carbocycles. The Morgan fingerprint density at radius 2 is 1.64 bits per heavy atom. The Bertz CT molecular complexity index is 1060. The lowest BCUT2D eigenvalue weighted by Gasteiger charge is -2.28. The van der Waals surface area contributed by atoms with Gasteiger partial charge in [-0.05, 0) is 55.5 Å². The Morgan fingerprint density at radius 1 is 0.970 bits per heavy atom. The van der Waals surface area contributed by atoms with E-state index in [9.17, 15) is 4.79 Å². The molecule has 2 saturated heterocycles. The molecule has 5 nitrogen and oxygen atoms in total. The summed E-state index contributed by atoms with van der Waals surface area (Å²) in [5, 5.41) is 0. The van der Waals surface area contributed by atoms with Crippen LogP contribution in [-0.2, 0) is 0 Å². The zero-order chi connectivity index (χ0) is 22.8. The quantitative estimate of drug-likeness (QED) is 0.595. The van der Waals surface area contributed by atoms with E-state index >= 15 is 0 Å². The fourth-order valence-electron chi connectivity index (χ4n) is 5.45. The van der Waals surface area contributed by atoms with Crippen molar-refractivity contribution in [1.29, 1.82) is 0 Å². The predicted molar refractivity (Wildman–Crippen MR) is 130 cm³/mol. The Kier molecular flexibility index (Phi) is 6.34. The molecule has 3 aromatic rings. The predicted octanol–water partition coefficient (Wildman–Crippen LogP) is 4.79. The zero-order valence-electron chi connectivity index (χ0n) is 19.3. The van der Waals surface area contributed by atoms with E-state index in [0.29, 0.717) is 23.4 Å². The van der Waals surface area contributed by atoms with Gasteiger partial charge in [0.1, 0.15) is 5.76 Å². The van der Waals surface area contributed by atoms with Gasteiger partial charge >= 0.3 is 0 Å². The molecular weight excluding hydrogens is 410 g/mol. The van der Waals surface area contributed by atoms with Crippen LogP contribution in [0.5, 0.6) is 0 Å². The molecule has 5 heteroatoms. The van der Waals surface area contributed by atoms with Crippen LogP contribution < -0.4 is 5.73 Å². The molecule has 5 rings (SSSR count). The number of furan rings is 1. The first-order valence-electron chi connectivity index (χ1n) is 12.1. The Hall–Kier alpha value is -2.89. The number of likely N-dealkylation sites (tertiary alicyclic amines) is 2. The zero-order valence-corrected chi connectivity index (χ0v) is 19.3. The monoisotopic (exact) mass is 443 g/mol. The molecule has 0 radical (unpaired) electrons. The van der Waals surface area contributed by atoms with Crippen molar-refractivity contribution in [1.82, 2.24) is 9.80 Å². The maximum atomic E-state index is 13.5. The number of amides is 1. The molecule has 2 N–H and O–H groups in total. The highest BCUT2D eigenvalue weighted by atomic mass is 16.4. The van der Waals surface area contributed by atoms with Gasteiger partial charge in [0, 0.05) is 31.6 Å². The number of benzene rings is 2. The molecule has 4 atom stereocenters. The lowest BCUT2D eigenvalue weighted by atomic mass is 9.96. The van der Waals surface area contributed by atoms with E-state index in [2.05, 4.69) is 59.5 Å². The molecule has 3 heterocycles. The van der Waals surface area contributed by atoms with Gasteiger partial charge in [0.25, 0.3) is 5.91 Å². The van der Waals surface area contributed by atoms with Crippen molar-refractivity contribution < 1.29 is 9.21 Å². The first kappa shape index (κ1) is 21.9. The van der Waals surface area contributed by atoms with Crippen LogP contribution in [0.25, 0.3) is 0 Å². The first-order valence-corrected chi connectivity index (χ1v) is 12.1. The summed E-state index contributed by atoms with van der Waals surface area (Å²) in [4.78, 5) is 18.1. The summed E-state index contributed by atoms with van der Waals surface area (Å²) in [6, 6.07) is 24.9. The van der Waals surface area contributed by atoms with Gasteiger partial charge in [-0.3, -0.25) is 4.79 Å². The first-order chi connectivity index (χ1) is 16.1. The third-order valence-electron chi connectivity index (χ3n) is 7.24. The van der Waals surface area contributed by atoms with Crippen LogP contribution in [0.15, 0.2) is 77.2 Å². The number of hydrogen-bond donors (Lipinski definition) is 1. The third kappa shape index (κ3) is 4.75. The van der Waals surface area contributed by atoms with Crippen LogP contribution in [-0.4, -0.2) is 47.9 Å². The fraction of sp³-hybridized carbons (Fsp3) is 0.393. The third-order valence-corrected chi connectivity index (χ3v) is 7.24. The molecule has 2 aromatic carbocycles. The van der Waals surface area contributed by atoms with Gasteiger partial charge in [0.2, 0.25) is 0 Å². The highest BCUT2D eigenvalue weighted by Crippen LogP contribution is 2.35. The van der Waals surface area contributed by atoms with Crippen molar-refractivity contribution in [2.45, 2.75) is 43.7 Å². The highest BCUT2D eigenvalue weighted by Gasteiger charge is 2.39. The summed E-state index contributed by atoms with van der Waals surface area (Å²) < 4.78 is 5.82. The van der Waals surface area contributed by atoms with Gasteiger partial charge in [0.15, 0.2) is 5.76 Å². The van der Waals surface area contributed by atoms with Crippen molar-refractivity contribution in [3.05, 3.63) is 95.4 Å². The van der Waals surface area contributed by atoms with Crippen molar-refractivity contribution in [3.8, 4) is 0 Å². The molecule has 1 amide bonds. The van der Waals surface area contributed by atoms with E-state index in [1.54, 1.807) is 6.07 Å². The maximum absolute atomic E-state index is 13.5. The second kappa shape index (κ2) is 9.54. The van der Waals surface area contributed by atoms with Gasteiger partial charge in [-0.15, -0.1) is 0 Å². The van der Waals surface area contributed by atoms with Gasteiger partial charge in [-0.2, -0.15) is 0 Å². The standard InChI is InChI=1S/C28H33N3O2/c1-20(29)26-12-13-27(33-26)28(32)31-18-24(22-10-6-3-7-11-22)16-25(31)19-30-15-14-23(17-30)21-8-4-2-5-9-21/h2-13,20,23-25H,14-19,29H2,1H3/t20?,23?,24-,25-/m0/s1. The molecule has 0 bridgehead atoms. The smallest absolute Gasteiger partial charge is 0.289 e. The molecule has 0 spiro atoms. The van der Waals surface area contributed by atoms with Crippen LogP contribution in [0.3, 0.4) is 0 Å². The topological polar surface area (TPSA) is 62.7 Å². The molecule has 2 aliphatic heterocycles. The minimum atomic E-state index is -0.225. The lowest BCUT2D eigenvalue weighted by molar-refractivity contribution is 0.0672. The average molecular weight is 444 g/mol. The number of carbonyl (C=O) groups excluding carboxylic acids is 1. The summed E-state index contributed by atoms with van der Waals surface area (Å²) >= 11 is 0. The molecule has 0 saturated carbocycles.